The lowest BCUT2D eigenvalue weighted by atomic mass is 10.1. The summed E-state index contributed by atoms with van der Waals surface area (Å²) in [6.07, 6.45) is 7.87. The van der Waals surface area contributed by atoms with Gasteiger partial charge in [0.05, 0.1) is 11.1 Å². The highest BCUT2D eigenvalue weighted by Gasteiger charge is 2.28. The topological polar surface area (TPSA) is 69.0 Å². The SMILES string of the molecule is CSc1nc(C2CC2)cc(C(=O)Nc2ccc(N3CCCCC3)cc2)c1C#N. The van der Waals surface area contributed by atoms with Crippen LogP contribution in [0.1, 0.15) is 59.6 Å². The Hall–Kier alpha value is -2.52. The molecular formula is C22H24N4OS. The summed E-state index contributed by atoms with van der Waals surface area (Å²) < 4.78 is 0. The minimum atomic E-state index is -0.248. The quantitative estimate of drug-likeness (QED) is 0.741. The zero-order chi connectivity index (χ0) is 19.5. The van der Waals surface area contributed by atoms with Crippen LogP contribution < -0.4 is 10.2 Å². The Balaban J connectivity index is 1.54. The lowest BCUT2D eigenvalue weighted by molar-refractivity contribution is 0.102. The Labute approximate surface area is 170 Å². The summed E-state index contributed by atoms with van der Waals surface area (Å²) in [4.78, 5) is 19.9. The first-order valence-electron chi connectivity index (χ1n) is 9.85. The van der Waals surface area contributed by atoms with E-state index in [4.69, 9.17) is 0 Å². The molecule has 1 amide bonds. The van der Waals surface area contributed by atoms with Crippen LogP contribution in [0, 0.1) is 11.3 Å². The molecule has 0 spiro atoms. The number of hydrogen-bond acceptors (Lipinski definition) is 5. The number of carbonyl (C=O) groups is 1. The van der Waals surface area contributed by atoms with E-state index in [1.807, 2.05) is 18.4 Å². The number of aromatic nitrogens is 1. The van der Waals surface area contributed by atoms with Crippen LogP contribution in [0.3, 0.4) is 0 Å². The molecule has 1 aliphatic heterocycles. The van der Waals surface area contributed by atoms with Gasteiger partial charge in [0.15, 0.2) is 0 Å². The lowest BCUT2D eigenvalue weighted by Crippen LogP contribution is -2.29. The van der Waals surface area contributed by atoms with E-state index in [0.717, 1.165) is 37.3 Å². The van der Waals surface area contributed by atoms with E-state index < -0.39 is 0 Å². The van der Waals surface area contributed by atoms with Crippen molar-refractivity contribution in [1.82, 2.24) is 4.98 Å². The molecule has 2 aliphatic rings. The highest BCUT2D eigenvalue weighted by atomic mass is 32.2. The molecule has 1 saturated heterocycles. The molecule has 1 saturated carbocycles. The number of nitriles is 1. The van der Waals surface area contributed by atoms with Gasteiger partial charge in [-0.05, 0) is 68.7 Å². The minimum absolute atomic E-state index is 0.248. The first kappa shape index (κ1) is 18.8. The Morgan fingerprint density at radius 2 is 1.93 bits per heavy atom. The summed E-state index contributed by atoms with van der Waals surface area (Å²) in [6, 6.07) is 12.0. The van der Waals surface area contributed by atoms with Crippen LogP contribution in [0.15, 0.2) is 35.4 Å². The standard InChI is InChI=1S/C22H24N4OS/c1-28-22-19(14-23)18(13-20(25-22)15-5-6-15)21(27)24-16-7-9-17(10-8-16)26-11-3-2-4-12-26/h7-10,13,15H,2-6,11-12H2,1H3,(H,24,27). The van der Waals surface area contributed by atoms with Crippen LogP contribution in [-0.4, -0.2) is 30.2 Å². The summed E-state index contributed by atoms with van der Waals surface area (Å²) in [5.74, 6) is 0.177. The molecule has 1 aromatic heterocycles. The van der Waals surface area contributed by atoms with E-state index in [2.05, 4.69) is 33.4 Å². The second-order valence-electron chi connectivity index (χ2n) is 7.41. The number of thioether (sulfide) groups is 1. The second-order valence-corrected chi connectivity index (χ2v) is 8.21. The van der Waals surface area contributed by atoms with Gasteiger partial charge in [0.25, 0.3) is 5.91 Å². The third kappa shape index (κ3) is 4.00. The van der Waals surface area contributed by atoms with Gasteiger partial charge in [0.1, 0.15) is 11.1 Å². The fourth-order valence-electron chi connectivity index (χ4n) is 3.67. The molecule has 2 heterocycles. The predicted octanol–water partition coefficient (Wildman–Crippen LogP) is 4.80. The van der Waals surface area contributed by atoms with Gasteiger partial charge < -0.3 is 10.2 Å². The summed E-state index contributed by atoms with van der Waals surface area (Å²) in [5, 5.41) is 13.2. The summed E-state index contributed by atoms with van der Waals surface area (Å²) in [7, 11) is 0. The fraction of sp³-hybridized carbons (Fsp3) is 0.409. The van der Waals surface area contributed by atoms with Gasteiger partial charge in [-0.2, -0.15) is 5.26 Å². The van der Waals surface area contributed by atoms with Crippen molar-refractivity contribution in [2.75, 3.05) is 29.6 Å². The van der Waals surface area contributed by atoms with Crippen molar-refractivity contribution < 1.29 is 4.79 Å². The van der Waals surface area contributed by atoms with Gasteiger partial charge in [-0.25, -0.2) is 4.98 Å². The Morgan fingerprint density at radius 3 is 2.54 bits per heavy atom. The number of benzene rings is 1. The van der Waals surface area contributed by atoms with Gasteiger partial charge in [0.2, 0.25) is 0 Å². The first-order chi connectivity index (χ1) is 13.7. The average molecular weight is 393 g/mol. The third-order valence-electron chi connectivity index (χ3n) is 5.40. The van der Waals surface area contributed by atoms with Crippen LogP contribution >= 0.6 is 11.8 Å². The van der Waals surface area contributed by atoms with Crippen LogP contribution in [-0.2, 0) is 0 Å². The van der Waals surface area contributed by atoms with Crippen molar-refractivity contribution in [1.29, 1.82) is 5.26 Å². The van der Waals surface area contributed by atoms with E-state index in [9.17, 15) is 10.1 Å². The van der Waals surface area contributed by atoms with Crippen molar-refractivity contribution in [3.63, 3.8) is 0 Å². The van der Waals surface area contributed by atoms with E-state index in [0.29, 0.717) is 22.1 Å². The molecule has 144 valence electrons. The summed E-state index contributed by atoms with van der Waals surface area (Å²) in [6.45, 7) is 2.19. The molecule has 0 radical (unpaired) electrons. The van der Waals surface area contributed by atoms with E-state index in [1.54, 1.807) is 6.07 Å². The van der Waals surface area contributed by atoms with Crippen molar-refractivity contribution >= 4 is 29.0 Å². The van der Waals surface area contributed by atoms with Crippen molar-refractivity contribution in [3.05, 3.63) is 47.2 Å². The molecule has 2 fully saturated rings. The van der Waals surface area contributed by atoms with Gasteiger partial charge in [-0.1, -0.05) is 0 Å². The number of nitrogens with zero attached hydrogens (tertiary/aromatic N) is 3. The number of nitrogens with one attached hydrogen (secondary N) is 1. The van der Waals surface area contributed by atoms with Gasteiger partial charge in [-0.3, -0.25) is 4.79 Å². The highest BCUT2D eigenvalue weighted by Crippen LogP contribution is 2.40. The van der Waals surface area contributed by atoms with Gasteiger partial charge in [0, 0.05) is 36.1 Å². The molecular weight excluding hydrogens is 368 g/mol. The predicted molar refractivity (Wildman–Crippen MR) is 113 cm³/mol. The molecule has 1 aromatic carbocycles. The Kier molecular flexibility index (Phi) is 5.54. The molecule has 1 aliphatic carbocycles. The van der Waals surface area contributed by atoms with Crippen molar-refractivity contribution in [2.24, 2.45) is 0 Å². The molecule has 6 heteroatoms. The van der Waals surface area contributed by atoms with Crippen LogP contribution in [0.25, 0.3) is 0 Å². The molecule has 28 heavy (non-hydrogen) atoms. The average Bonchev–Trinajstić information content (AvgIpc) is 3.59. The highest BCUT2D eigenvalue weighted by molar-refractivity contribution is 7.98. The van der Waals surface area contributed by atoms with E-state index >= 15 is 0 Å². The molecule has 2 aromatic rings. The molecule has 4 rings (SSSR count). The first-order valence-corrected chi connectivity index (χ1v) is 11.1. The number of anilines is 2. The normalized spacial score (nSPS) is 16.5. The van der Waals surface area contributed by atoms with Gasteiger partial charge in [-0.15, -0.1) is 11.8 Å². The lowest BCUT2D eigenvalue weighted by Gasteiger charge is -2.28. The second kappa shape index (κ2) is 8.24. The third-order valence-corrected chi connectivity index (χ3v) is 6.08. The number of carbonyl (C=O) groups excluding carboxylic acids is 1. The number of hydrogen-bond donors (Lipinski definition) is 1. The van der Waals surface area contributed by atoms with Crippen LogP contribution in [0.2, 0.25) is 0 Å². The molecule has 1 N–H and O–H groups in total. The maximum absolute atomic E-state index is 12.9. The maximum atomic E-state index is 12.9. The summed E-state index contributed by atoms with van der Waals surface area (Å²) in [5.41, 5.74) is 3.64. The maximum Gasteiger partial charge on any atom is 0.257 e. The van der Waals surface area contributed by atoms with E-state index in [1.165, 1.54) is 36.7 Å². The zero-order valence-corrected chi connectivity index (χ0v) is 16.9. The largest absolute Gasteiger partial charge is 0.372 e. The van der Waals surface area contributed by atoms with Crippen LogP contribution in [0.4, 0.5) is 11.4 Å². The van der Waals surface area contributed by atoms with Crippen molar-refractivity contribution in [2.45, 2.75) is 43.0 Å². The van der Waals surface area contributed by atoms with E-state index in [-0.39, 0.29) is 5.91 Å². The van der Waals surface area contributed by atoms with Crippen molar-refractivity contribution in [3.8, 4) is 6.07 Å². The Bertz CT molecular complexity index is 909. The molecule has 5 nitrogen and oxygen atoms in total. The molecule has 0 bridgehead atoms. The molecule has 0 atom stereocenters. The minimum Gasteiger partial charge on any atom is -0.372 e. The van der Waals surface area contributed by atoms with Crippen LogP contribution in [0.5, 0.6) is 0 Å². The smallest absolute Gasteiger partial charge is 0.257 e. The fourth-order valence-corrected chi connectivity index (χ4v) is 4.23. The number of pyridine rings is 1. The monoisotopic (exact) mass is 392 g/mol. The number of piperidine rings is 1. The summed E-state index contributed by atoms with van der Waals surface area (Å²) >= 11 is 1.42. The van der Waals surface area contributed by atoms with Gasteiger partial charge >= 0.3 is 0 Å². The number of rotatable bonds is 5. The Morgan fingerprint density at radius 1 is 1.21 bits per heavy atom. The number of amides is 1. The zero-order valence-electron chi connectivity index (χ0n) is 16.1. The molecule has 0 unspecified atom stereocenters.